The smallest absolute Gasteiger partial charge is 0.339 e. The van der Waals surface area contributed by atoms with Crippen molar-refractivity contribution in [3.05, 3.63) is 23.4 Å². The molecule has 19 heavy (non-hydrogen) atoms. The molecule has 0 bridgehead atoms. The Bertz CT molecular complexity index is 410. The molecule has 0 spiro atoms. The molecule has 0 atom stereocenters. The van der Waals surface area contributed by atoms with Gasteiger partial charge in [-0.3, -0.25) is 0 Å². The Labute approximate surface area is 119 Å². The van der Waals surface area contributed by atoms with E-state index in [0.717, 1.165) is 18.7 Å². The third-order valence-electron chi connectivity index (χ3n) is 2.83. The van der Waals surface area contributed by atoms with Gasteiger partial charge in [-0.15, -0.1) is 0 Å². The van der Waals surface area contributed by atoms with E-state index in [9.17, 15) is 4.79 Å². The van der Waals surface area contributed by atoms with Gasteiger partial charge in [0.05, 0.1) is 0 Å². The van der Waals surface area contributed by atoms with Crippen LogP contribution in [0.3, 0.4) is 0 Å². The summed E-state index contributed by atoms with van der Waals surface area (Å²) in [5, 5.41) is 12.2. The number of rotatable bonds is 9. The summed E-state index contributed by atoms with van der Waals surface area (Å²) in [5.74, 6) is 0.766. The minimum absolute atomic E-state index is 0.244. The van der Waals surface area contributed by atoms with E-state index in [0.29, 0.717) is 5.82 Å². The van der Waals surface area contributed by atoms with Crippen molar-refractivity contribution in [2.45, 2.75) is 32.6 Å². The van der Waals surface area contributed by atoms with Gasteiger partial charge in [0.1, 0.15) is 11.4 Å². The first-order valence-corrected chi connectivity index (χ1v) is 7.98. The summed E-state index contributed by atoms with van der Waals surface area (Å²) in [6.45, 7) is 2.63. The molecule has 0 aliphatic carbocycles. The van der Waals surface area contributed by atoms with Crippen LogP contribution in [0.1, 0.15) is 41.7 Å². The second kappa shape index (κ2) is 8.80. The number of nitrogens with one attached hydrogen (secondary N) is 1. The molecular weight excluding hydrogens is 260 g/mol. The molecular formula is C14H22N2O2S. The normalized spacial score (nSPS) is 10.4. The number of hydrogen-bond acceptors (Lipinski definition) is 4. The van der Waals surface area contributed by atoms with Crippen LogP contribution in [0.25, 0.3) is 0 Å². The first-order chi connectivity index (χ1) is 9.15. The number of carbonyl (C=O) groups is 1. The molecule has 1 aromatic heterocycles. The van der Waals surface area contributed by atoms with Gasteiger partial charge in [-0.05, 0) is 43.9 Å². The fraction of sp³-hybridized carbons (Fsp3) is 0.571. The maximum atomic E-state index is 11.1. The van der Waals surface area contributed by atoms with E-state index in [-0.39, 0.29) is 5.56 Å². The third-order valence-corrected chi connectivity index (χ3v) is 3.53. The van der Waals surface area contributed by atoms with Crippen LogP contribution in [0.4, 0.5) is 5.82 Å². The van der Waals surface area contributed by atoms with Crippen molar-refractivity contribution in [3.63, 3.8) is 0 Å². The molecule has 0 aromatic carbocycles. The second-order valence-electron chi connectivity index (χ2n) is 4.49. The lowest BCUT2D eigenvalue weighted by Crippen LogP contribution is -2.10. The molecule has 4 nitrogen and oxygen atoms in total. The lowest BCUT2D eigenvalue weighted by molar-refractivity contribution is 0.0697. The zero-order valence-corrected chi connectivity index (χ0v) is 12.4. The van der Waals surface area contributed by atoms with Gasteiger partial charge in [0.25, 0.3) is 0 Å². The van der Waals surface area contributed by atoms with Gasteiger partial charge >= 0.3 is 5.97 Å². The van der Waals surface area contributed by atoms with E-state index in [4.69, 9.17) is 5.11 Å². The molecule has 1 aromatic rings. The molecule has 1 rings (SSSR count). The van der Waals surface area contributed by atoms with Crippen molar-refractivity contribution >= 4 is 23.5 Å². The number of aromatic carboxylic acids is 1. The number of carboxylic acid groups (broad SMARTS) is 1. The molecule has 1 heterocycles. The van der Waals surface area contributed by atoms with Gasteiger partial charge in [0.2, 0.25) is 0 Å². The van der Waals surface area contributed by atoms with E-state index < -0.39 is 5.97 Å². The summed E-state index contributed by atoms with van der Waals surface area (Å²) >= 11 is 1.88. The Morgan fingerprint density at radius 2 is 2.05 bits per heavy atom. The maximum Gasteiger partial charge on any atom is 0.339 e. The van der Waals surface area contributed by atoms with Crippen LogP contribution in [0.15, 0.2) is 12.1 Å². The highest BCUT2D eigenvalue weighted by Crippen LogP contribution is 2.14. The molecule has 0 fully saturated rings. The molecule has 0 saturated carbocycles. The van der Waals surface area contributed by atoms with Crippen LogP contribution in [-0.4, -0.2) is 34.6 Å². The van der Waals surface area contributed by atoms with Crippen molar-refractivity contribution in [3.8, 4) is 0 Å². The largest absolute Gasteiger partial charge is 0.478 e. The minimum atomic E-state index is -0.935. The Kier molecular flexibility index (Phi) is 7.33. The summed E-state index contributed by atoms with van der Waals surface area (Å²) in [6, 6.07) is 3.32. The van der Waals surface area contributed by atoms with Crippen molar-refractivity contribution in [2.75, 3.05) is 23.9 Å². The Hall–Kier alpha value is -1.23. The van der Waals surface area contributed by atoms with Gasteiger partial charge in [-0.1, -0.05) is 12.8 Å². The fourth-order valence-electron chi connectivity index (χ4n) is 1.80. The number of pyridine rings is 1. The molecule has 0 amide bonds. The fourth-order valence-corrected chi connectivity index (χ4v) is 2.29. The van der Waals surface area contributed by atoms with E-state index >= 15 is 0 Å². The molecule has 0 unspecified atom stereocenters. The Balaban J connectivity index is 2.36. The Morgan fingerprint density at radius 3 is 2.74 bits per heavy atom. The highest BCUT2D eigenvalue weighted by molar-refractivity contribution is 7.98. The number of thioether (sulfide) groups is 1. The minimum Gasteiger partial charge on any atom is -0.478 e. The quantitative estimate of drug-likeness (QED) is 0.679. The third kappa shape index (κ3) is 5.96. The molecule has 106 valence electrons. The zero-order chi connectivity index (χ0) is 14.1. The highest BCUT2D eigenvalue weighted by Gasteiger charge is 2.10. The maximum absolute atomic E-state index is 11.1. The molecule has 2 N–H and O–H groups in total. The summed E-state index contributed by atoms with van der Waals surface area (Å²) in [4.78, 5) is 15.3. The van der Waals surface area contributed by atoms with Crippen LogP contribution in [0, 0.1) is 6.92 Å². The summed E-state index contributed by atoms with van der Waals surface area (Å²) in [6.07, 6.45) is 6.82. The number of aromatic nitrogens is 1. The van der Waals surface area contributed by atoms with Gasteiger partial charge < -0.3 is 10.4 Å². The molecule has 0 radical (unpaired) electrons. The van der Waals surface area contributed by atoms with Gasteiger partial charge in [-0.2, -0.15) is 11.8 Å². The number of carboxylic acids is 1. The Morgan fingerprint density at radius 1 is 1.32 bits per heavy atom. The first-order valence-electron chi connectivity index (χ1n) is 6.59. The average Bonchev–Trinajstić information content (AvgIpc) is 2.37. The van der Waals surface area contributed by atoms with Crippen LogP contribution in [-0.2, 0) is 0 Å². The van der Waals surface area contributed by atoms with E-state index in [1.54, 1.807) is 12.1 Å². The SMILES string of the molecule is CSCCCCCCNc1nc(C)ccc1C(=O)O. The van der Waals surface area contributed by atoms with Crippen LogP contribution in [0.5, 0.6) is 0 Å². The summed E-state index contributed by atoms with van der Waals surface area (Å²) in [5.41, 5.74) is 1.07. The second-order valence-corrected chi connectivity index (χ2v) is 5.47. The summed E-state index contributed by atoms with van der Waals surface area (Å²) in [7, 11) is 0. The monoisotopic (exact) mass is 282 g/mol. The van der Waals surface area contributed by atoms with Gasteiger partial charge in [-0.25, -0.2) is 9.78 Å². The number of aryl methyl sites for hydroxylation is 1. The van der Waals surface area contributed by atoms with E-state index in [1.165, 1.54) is 25.0 Å². The predicted octanol–water partition coefficient (Wildman–Crippen LogP) is 3.42. The lowest BCUT2D eigenvalue weighted by atomic mass is 10.2. The standard InChI is InChI=1S/C14H22N2O2S/c1-11-7-8-12(14(17)18)13(16-11)15-9-5-3-4-6-10-19-2/h7-8H,3-6,9-10H2,1-2H3,(H,15,16)(H,17,18). The van der Waals surface area contributed by atoms with Crippen molar-refractivity contribution in [1.82, 2.24) is 4.98 Å². The average molecular weight is 282 g/mol. The van der Waals surface area contributed by atoms with Crippen molar-refractivity contribution < 1.29 is 9.90 Å². The summed E-state index contributed by atoms with van der Waals surface area (Å²) < 4.78 is 0. The van der Waals surface area contributed by atoms with Crippen LogP contribution < -0.4 is 5.32 Å². The number of anilines is 1. The number of unbranched alkanes of at least 4 members (excludes halogenated alkanes) is 3. The van der Waals surface area contributed by atoms with Gasteiger partial charge in [0, 0.05) is 12.2 Å². The number of nitrogens with zero attached hydrogens (tertiary/aromatic N) is 1. The van der Waals surface area contributed by atoms with Crippen LogP contribution >= 0.6 is 11.8 Å². The van der Waals surface area contributed by atoms with E-state index in [1.807, 2.05) is 18.7 Å². The molecule has 0 aliphatic rings. The zero-order valence-electron chi connectivity index (χ0n) is 11.6. The molecule has 5 heteroatoms. The molecule has 0 saturated heterocycles. The van der Waals surface area contributed by atoms with Gasteiger partial charge in [0.15, 0.2) is 0 Å². The van der Waals surface area contributed by atoms with Crippen molar-refractivity contribution in [1.29, 1.82) is 0 Å². The molecule has 0 aliphatic heterocycles. The van der Waals surface area contributed by atoms with Crippen LogP contribution in [0.2, 0.25) is 0 Å². The lowest BCUT2D eigenvalue weighted by Gasteiger charge is -2.09. The van der Waals surface area contributed by atoms with E-state index in [2.05, 4.69) is 16.6 Å². The van der Waals surface area contributed by atoms with Crippen molar-refractivity contribution in [2.24, 2.45) is 0 Å². The first kappa shape index (κ1) is 15.8. The highest BCUT2D eigenvalue weighted by atomic mass is 32.2. The predicted molar refractivity (Wildman–Crippen MR) is 81.3 cm³/mol. The number of hydrogen-bond donors (Lipinski definition) is 2. The topological polar surface area (TPSA) is 62.2 Å².